The summed E-state index contributed by atoms with van der Waals surface area (Å²) in [5.74, 6) is -0.771. The van der Waals surface area contributed by atoms with Gasteiger partial charge < -0.3 is 5.73 Å². The molecule has 0 aliphatic carbocycles. The van der Waals surface area contributed by atoms with Gasteiger partial charge in [0.15, 0.2) is 12.6 Å². The molecular formula is C8H15Cl2F2N3O. The van der Waals surface area contributed by atoms with Crippen LogP contribution < -0.4 is 11.1 Å². The van der Waals surface area contributed by atoms with Gasteiger partial charge in [0, 0.05) is 13.1 Å². The third kappa shape index (κ3) is 2.94. The number of carbonyl (C=O) groups excluding carboxylic acids is 1. The fourth-order valence-electron chi connectivity index (χ4n) is 2.20. The Morgan fingerprint density at radius 2 is 1.94 bits per heavy atom. The van der Waals surface area contributed by atoms with Crippen molar-refractivity contribution in [2.45, 2.75) is 25.1 Å². The van der Waals surface area contributed by atoms with Gasteiger partial charge in [0.05, 0.1) is 12.0 Å². The van der Waals surface area contributed by atoms with E-state index in [-0.39, 0.29) is 37.3 Å². The largest absolute Gasteiger partial charge is 0.369 e. The van der Waals surface area contributed by atoms with Gasteiger partial charge in [0.25, 0.3) is 0 Å². The van der Waals surface area contributed by atoms with Crippen LogP contribution in [0.4, 0.5) is 8.78 Å². The fourth-order valence-corrected chi connectivity index (χ4v) is 2.20. The first kappa shape index (κ1) is 15.8. The number of nitrogens with one attached hydrogen (secondary N) is 1. The summed E-state index contributed by atoms with van der Waals surface area (Å²) in [4.78, 5) is 12.5. The molecule has 3 N–H and O–H groups in total. The summed E-state index contributed by atoms with van der Waals surface area (Å²) in [7, 11) is 0. The number of alkyl halides is 2. The zero-order valence-corrected chi connectivity index (χ0v) is 10.1. The van der Waals surface area contributed by atoms with Crippen LogP contribution in [0.3, 0.4) is 0 Å². The maximum atomic E-state index is 13.3. The van der Waals surface area contributed by atoms with E-state index in [1.807, 2.05) is 0 Å². The molecule has 8 heteroatoms. The minimum Gasteiger partial charge on any atom is -0.369 e. The Bertz CT molecular complexity index is 259. The van der Waals surface area contributed by atoms with E-state index in [0.717, 1.165) is 0 Å². The molecule has 0 bridgehead atoms. The number of nitrogens with zero attached hydrogens (tertiary/aromatic N) is 1. The van der Waals surface area contributed by atoms with Crippen molar-refractivity contribution in [2.24, 2.45) is 11.7 Å². The molecule has 2 aliphatic heterocycles. The second-order valence-electron chi connectivity index (χ2n) is 3.89. The normalized spacial score (nSPS) is 38.1. The van der Waals surface area contributed by atoms with Gasteiger partial charge in [-0.2, -0.15) is 0 Å². The van der Waals surface area contributed by atoms with Crippen molar-refractivity contribution >= 4 is 30.7 Å². The number of amides is 1. The van der Waals surface area contributed by atoms with Gasteiger partial charge in [-0.05, 0) is 6.42 Å². The minimum atomic E-state index is -1.40. The molecule has 0 saturated carbocycles. The predicted molar refractivity (Wildman–Crippen MR) is 60.1 cm³/mol. The molecule has 96 valence electrons. The molecule has 4 atom stereocenters. The lowest BCUT2D eigenvalue weighted by atomic mass is 10.0. The van der Waals surface area contributed by atoms with Crippen LogP contribution in [0, 0.1) is 5.92 Å². The topological polar surface area (TPSA) is 58.4 Å². The molecule has 0 aromatic carbocycles. The Labute approximate surface area is 105 Å². The van der Waals surface area contributed by atoms with Gasteiger partial charge in [-0.25, -0.2) is 8.78 Å². The maximum Gasteiger partial charge on any atom is 0.221 e. The first-order chi connectivity index (χ1) is 6.58. The second kappa shape index (κ2) is 5.95. The van der Waals surface area contributed by atoms with Crippen LogP contribution >= 0.6 is 24.8 Å². The highest BCUT2D eigenvalue weighted by Crippen LogP contribution is 2.29. The minimum absolute atomic E-state index is 0. The Morgan fingerprint density at radius 3 is 2.50 bits per heavy atom. The number of rotatable bonds is 1. The summed E-state index contributed by atoms with van der Waals surface area (Å²) in [5.41, 5.74) is 5.13. The van der Waals surface area contributed by atoms with E-state index in [1.54, 1.807) is 4.90 Å². The van der Waals surface area contributed by atoms with Gasteiger partial charge >= 0.3 is 0 Å². The molecule has 2 aliphatic rings. The van der Waals surface area contributed by atoms with Gasteiger partial charge in [-0.15, -0.1) is 24.8 Å². The number of nitrogens with two attached hydrogens (primary N) is 1. The number of primary amides is 1. The number of carbonyl (C=O) groups is 1. The first-order valence-electron chi connectivity index (χ1n) is 4.65. The van der Waals surface area contributed by atoms with Crippen LogP contribution in [0.25, 0.3) is 0 Å². The summed E-state index contributed by atoms with van der Waals surface area (Å²) in [6.45, 7) is 0.511. The van der Waals surface area contributed by atoms with Crippen LogP contribution in [0.15, 0.2) is 0 Å². The van der Waals surface area contributed by atoms with Crippen LogP contribution in [0.1, 0.15) is 6.42 Å². The van der Waals surface area contributed by atoms with Crippen LogP contribution in [-0.2, 0) is 4.79 Å². The first-order valence-corrected chi connectivity index (χ1v) is 4.65. The van der Waals surface area contributed by atoms with Crippen molar-refractivity contribution in [1.29, 1.82) is 0 Å². The Morgan fingerprint density at radius 1 is 1.31 bits per heavy atom. The molecule has 0 spiro atoms. The summed E-state index contributed by atoms with van der Waals surface area (Å²) >= 11 is 0. The van der Waals surface area contributed by atoms with Crippen molar-refractivity contribution in [1.82, 2.24) is 10.2 Å². The summed E-state index contributed by atoms with van der Waals surface area (Å²) in [5, 5.41) is 2.18. The monoisotopic (exact) mass is 277 g/mol. The van der Waals surface area contributed by atoms with Crippen LogP contribution in [-0.4, -0.2) is 42.5 Å². The average molecular weight is 278 g/mol. The number of hydrogen-bond acceptors (Lipinski definition) is 3. The SMILES string of the molecule is Cl.Cl.NC(=O)C1CC2C(F)NC(F)CN2C1. The molecular weight excluding hydrogens is 263 g/mol. The van der Waals surface area contributed by atoms with E-state index in [9.17, 15) is 13.6 Å². The van der Waals surface area contributed by atoms with Crippen molar-refractivity contribution in [3.8, 4) is 0 Å². The summed E-state index contributed by atoms with van der Waals surface area (Å²) < 4.78 is 26.2. The van der Waals surface area contributed by atoms with Gasteiger partial charge in [0.2, 0.25) is 5.91 Å². The van der Waals surface area contributed by atoms with Gasteiger partial charge in [0.1, 0.15) is 0 Å². The van der Waals surface area contributed by atoms with Crippen LogP contribution in [0.5, 0.6) is 0 Å². The van der Waals surface area contributed by atoms with E-state index in [4.69, 9.17) is 5.73 Å². The third-order valence-electron chi connectivity index (χ3n) is 2.92. The molecule has 0 aromatic rings. The number of fused-ring (bicyclic) bond motifs is 1. The Hall–Kier alpha value is -0.170. The zero-order chi connectivity index (χ0) is 10.3. The smallest absolute Gasteiger partial charge is 0.221 e. The van der Waals surface area contributed by atoms with Crippen molar-refractivity contribution < 1.29 is 13.6 Å². The van der Waals surface area contributed by atoms with Crippen molar-refractivity contribution in [2.75, 3.05) is 13.1 Å². The summed E-state index contributed by atoms with van der Waals surface area (Å²) in [6.07, 6.45) is -2.37. The number of halogens is 4. The molecule has 2 rings (SSSR count). The molecule has 0 radical (unpaired) electrons. The Balaban J connectivity index is 0.00000112. The maximum absolute atomic E-state index is 13.3. The zero-order valence-electron chi connectivity index (χ0n) is 8.44. The standard InChI is InChI=1S/C8H13F2N3O.2ClH/c9-6-3-13-2-4(8(11)14)1-5(13)7(10)12-6;;/h4-7,12H,1-3H2,(H2,11,14);2*1H. The highest BCUT2D eigenvalue weighted by Gasteiger charge is 2.44. The molecule has 0 aromatic heterocycles. The highest BCUT2D eigenvalue weighted by molar-refractivity contribution is 5.85. The van der Waals surface area contributed by atoms with E-state index < -0.39 is 24.5 Å². The third-order valence-corrected chi connectivity index (χ3v) is 2.92. The lowest BCUT2D eigenvalue weighted by molar-refractivity contribution is -0.121. The van der Waals surface area contributed by atoms with E-state index in [0.29, 0.717) is 13.0 Å². The fraction of sp³-hybridized carbons (Fsp3) is 0.875. The molecule has 2 saturated heterocycles. The van der Waals surface area contributed by atoms with Crippen molar-refractivity contribution in [3.05, 3.63) is 0 Å². The second-order valence-corrected chi connectivity index (χ2v) is 3.89. The molecule has 4 unspecified atom stereocenters. The lowest BCUT2D eigenvalue weighted by Crippen LogP contribution is -2.56. The van der Waals surface area contributed by atoms with Gasteiger partial charge in [-0.3, -0.25) is 15.0 Å². The van der Waals surface area contributed by atoms with Crippen LogP contribution in [0.2, 0.25) is 0 Å². The average Bonchev–Trinajstić information content (AvgIpc) is 2.47. The summed E-state index contributed by atoms with van der Waals surface area (Å²) in [6, 6.07) is -0.403. The molecule has 4 nitrogen and oxygen atoms in total. The molecule has 16 heavy (non-hydrogen) atoms. The number of piperazine rings is 1. The Kier molecular flexibility index (Phi) is 5.89. The predicted octanol–water partition coefficient (Wildman–Crippen LogP) is 0.200. The molecule has 2 heterocycles. The van der Waals surface area contributed by atoms with E-state index >= 15 is 0 Å². The quantitative estimate of drug-likeness (QED) is 0.674. The highest BCUT2D eigenvalue weighted by atomic mass is 35.5. The van der Waals surface area contributed by atoms with Crippen molar-refractivity contribution in [3.63, 3.8) is 0 Å². The number of hydrogen-bond donors (Lipinski definition) is 2. The molecule has 2 fully saturated rings. The van der Waals surface area contributed by atoms with Gasteiger partial charge in [-0.1, -0.05) is 0 Å². The van der Waals surface area contributed by atoms with E-state index in [2.05, 4.69) is 5.32 Å². The molecule has 1 amide bonds. The van der Waals surface area contributed by atoms with E-state index in [1.165, 1.54) is 0 Å². The lowest BCUT2D eigenvalue weighted by Gasteiger charge is -2.34.